The van der Waals surface area contributed by atoms with Gasteiger partial charge in [-0.05, 0) is 17.7 Å². The maximum Gasteiger partial charge on any atom is 1.00 e. The second-order valence-corrected chi connectivity index (χ2v) is 4.89. The van der Waals surface area contributed by atoms with Crippen LogP contribution in [0.25, 0.3) is 0 Å². The Bertz CT molecular complexity index is 510. The van der Waals surface area contributed by atoms with Gasteiger partial charge in [0, 0.05) is 16.2 Å². The Balaban J connectivity index is 0.00000162. The van der Waals surface area contributed by atoms with Crippen LogP contribution in [0.1, 0.15) is 21.4 Å². The molecule has 1 aromatic carbocycles. The average molecular weight is 286 g/mol. The molecule has 0 aliphatic heterocycles. The van der Waals surface area contributed by atoms with Gasteiger partial charge in [0.2, 0.25) is 0 Å². The molecular weight excluding hydrogens is 275 g/mol. The van der Waals surface area contributed by atoms with Crippen molar-refractivity contribution in [2.24, 2.45) is 0 Å². The minimum absolute atomic E-state index is 0. The Morgan fingerprint density at radius 3 is 2.50 bits per heavy atom. The number of rotatable bonds is 4. The third-order valence-electron chi connectivity index (χ3n) is 2.40. The van der Waals surface area contributed by atoms with E-state index >= 15 is 0 Å². The Kier molecular flexibility index (Phi) is 6.72. The number of carboxylic acid groups (broad SMARTS) is 1. The van der Waals surface area contributed by atoms with E-state index in [2.05, 4.69) is 0 Å². The van der Waals surface area contributed by atoms with Crippen LogP contribution in [-0.4, -0.2) is 11.1 Å². The second kappa shape index (κ2) is 7.55. The molecule has 0 bridgehead atoms. The summed E-state index contributed by atoms with van der Waals surface area (Å²) in [5.74, 6) is -1.46. The molecule has 3 nitrogen and oxygen atoms in total. The molecule has 1 N–H and O–H groups in total. The van der Waals surface area contributed by atoms with Crippen LogP contribution in [0.2, 0.25) is 0 Å². The molecule has 18 heavy (non-hydrogen) atoms. The van der Waals surface area contributed by atoms with Crippen LogP contribution < -0.4 is 56.5 Å². The molecular formula is C13H11KO3S. The summed E-state index contributed by atoms with van der Waals surface area (Å²) < 4.78 is 0. The maximum atomic E-state index is 10.5. The van der Waals surface area contributed by atoms with Crippen molar-refractivity contribution in [3.8, 4) is 0 Å². The van der Waals surface area contributed by atoms with E-state index in [4.69, 9.17) is 0 Å². The fraction of sp³-hybridized carbons (Fsp3) is 0.154. The number of hydrogen-bond acceptors (Lipinski definition) is 4. The monoisotopic (exact) mass is 286 g/mol. The predicted molar refractivity (Wildman–Crippen MR) is 63.5 cm³/mol. The molecule has 0 saturated carbocycles. The molecule has 1 aromatic heterocycles. The number of benzene rings is 1. The minimum atomic E-state index is -1.52. The van der Waals surface area contributed by atoms with Gasteiger partial charge in [-0.15, -0.1) is 11.3 Å². The normalized spacial score (nSPS) is 11.6. The van der Waals surface area contributed by atoms with Crippen molar-refractivity contribution in [3.05, 3.63) is 57.8 Å². The van der Waals surface area contributed by atoms with E-state index in [-0.39, 0.29) is 51.4 Å². The summed E-state index contributed by atoms with van der Waals surface area (Å²) in [6.07, 6.45) is -0.782. The average Bonchev–Trinajstić information content (AvgIpc) is 2.77. The SMILES string of the molecule is O=C([O-])C(O)c1ccc(Cc2ccccc2)s1.[K+]. The number of carbonyl (C=O) groups is 1. The van der Waals surface area contributed by atoms with E-state index in [9.17, 15) is 15.0 Å². The summed E-state index contributed by atoms with van der Waals surface area (Å²) in [5, 5.41) is 19.8. The summed E-state index contributed by atoms with van der Waals surface area (Å²) in [6.45, 7) is 0. The van der Waals surface area contributed by atoms with Crippen LogP contribution in [0.15, 0.2) is 42.5 Å². The van der Waals surface area contributed by atoms with E-state index in [1.54, 1.807) is 6.07 Å². The van der Waals surface area contributed by atoms with Crippen LogP contribution in [0.3, 0.4) is 0 Å². The number of aliphatic hydroxyl groups is 1. The molecule has 5 heteroatoms. The Labute approximate surface area is 152 Å². The number of carboxylic acids is 1. The van der Waals surface area contributed by atoms with Gasteiger partial charge >= 0.3 is 51.4 Å². The molecule has 0 radical (unpaired) electrons. The van der Waals surface area contributed by atoms with Gasteiger partial charge in [0.15, 0.2) is 0 Å². The third-order valence-corrected chi connectivity index (χ3v) is 3.53. The number of hydrogen-bond donors (Lipinski definition) is 1. The number of thiophene rings is 1. The van der Waals surface area contributed by atoms with Crippen LogP contribution >= 0.6 is 11.3 Å². The van der Waals surface area contributed by atoms with Crippen LogP contribution in [0.4, 0.5) is 0 Å². The van der Waals surface area contributed by atoms with Gasteiger partial charge in [-0.2, -0.15) is 0 Å². The van der Waals surface area contributed by atoms with Crippen LogP contribution in [0, 0.1) is 0 Å². The van der Waals surface area contributed by atoms with Crippen molar-refractivity contribution in [2.75, 3.05) is 0 Å². The van der Waals surface area contributed by atoms with E-state index in [1.165, 1.54) is 11.3 Å². The van der Waals surface area contributed by atoms with Gasteiger partial charge in [0.25, 0.3) is 0 Å². The topological polar surface area (TPSA) is 60.4 Å². The molecule has 0 aliphatic rings. The molecule has 1 unspecified atom stereocenters. The zero-order valence-electron chi connectivity index (χ0n) is 10.00. The number of aliphatic hydroxyl groups excluding tert-OH is 1. The maximum absolute atomic E-state index is 10.5. The molecule has 0 aliphatic carbocycles. The molecule has 0 amide bonds. The number of aliphatic carboxylic acids is 1. The predicted octanol–water partition coefficient (Wildman–Crippen LogP) is -1.87. The van der Waals surface area contributed by atoms with Gasteiger partial charge in [-0.3, -0.25) is 0 Å². The summed E-state index contributed by atoms with van der Waals surface area (Å²) in [4.78, 5) is 11.9. The van der Waals surface area contributed by atoms with E-state index in [0.717, 1.165) is 16.9 Å². The number of carbonyl (C=O) groups excluding carboxylic acids is 1. The smallest absolute Gasteiger partial charge is 0.547 e. The van der Waals surface area contributed by atoms with Gasteiger partial charge in [-0.1, -0.05) is 30.3 Å². The van der Waals surface area contributed by atoms with Gasteiger partial charge in [0.1, 0.15) is 6.10 Å². The van der Waals surface area contributed by atoms with Crippen molar-refractivity contribution >= 4 is 17.3 Å². The Morgan fingerprint density at radius 1 is 1.22 bits per heavy atom. The molecule has 2 aromatic rings. The molecule has 1 heterocycles. The molecule has 0 spiro atoms. The first-order valence-electron chi connectivity index (χ1n) is 5.18. The summed E-state index contributed by atoms with van der Waals surface area (Å²) in [6, 6.07) is 13.3. The van der Waals surface area contributed by atoms with Crippen molar-refractivity contribution in [1.82, 2.24) is 0 Å². The molecule has 0 fully saturated rings. The molecule has 1 atom stereocenters. The third kappa shape index (κ3) is 4.27. The standard InChI is InChI=1S/C13H12O3S.K/c14-12(13(15)16)11-7-6-10(17-11)8-9-4-2-1-3-5-9;/h1-7,12,14H,8H2,(H,15,16);/q;+1/p-1. The first-order valence-corrected chi connectivity index (χ1v) is 6.00. The van der Waals surface area contributed by atoms with Crippen molar-refractivity contribution in [1.29, 1.82) is 0 Å². The van der Waals surface area contributed by atoms with Crippen LogP contribution in [-0.2, 0) is 11.2 Å². The first-order chi connectivity index (χ1) is 8.16. The molecule has 88 valence electrons. The molecule has 0 saturated heterocycles. The van der Waals surface area contributed by atoms with Crippen molar-refractivity contribution < 1.29 is 66.4 Å². The zero-order chi connectivity index (χ0) is 12.3. The van der Waals surface area contributed by atoms with Gasteiger partial charge in [-0.25, -0.2) is 0 Å². The van der Waals surface area contributed by atoms with Crippen LogP contribution in [0.5, 0.6) is 0 Å². The van der Waals surface area contributed by atoms with E-state index < -0.39 is 12.1 Å². The van der Waals surface area contributed by atoms with Crippen molar-refractivity contribution in [3.63, 3.8) is 0 Å². The van der Waals surface area contributed by atoms with Crippen molar-refractivity contribution in [2.45, 2.75) is 12.5 Å². The first kappa shape index (κ1) is 16.0. The molecule has 2 rings (SSSR count). The summed E-state index contributed by atoms with van der Waals surface area (Å²) in [7, 11) is 0. The second-order valence-electron chi connectivity index (χ2n) is 3.69. The quantitative estimate of drug-likeness (QED) is 0.670. The largest absolute Gasteiger partial charge is 1.00 e. The summed E-state index contributed by atoms with van der Waals surface area (Å²) >= 11 is 1.29. The van der Waals surface area contributed by atoms with Gasteiger partial charge in [0.05, 0.1) is 5.97 Å². The minimum Gasteiger partial charge on any atom is -0.547 e. The fourth-order valence-electron chi connectivity index (χ4n) is 1.55. The van der Waals surface area contributed by atoms with E-state index in [1.807, 2.05) is 36.4 Å². The van der Waals surface area contributed by atoms with E-state index in [0.29, 0.717) is 4.88 Å². The fourth-order valence-corrected chi connectivity index (χ4v) is 2.57. The Hall–Kier alpha value is -0.0136. The zero-order valence-corrected chi connectivity index (χ0v) is 13.9. The Morgan fingerprint density at radius 2 is 1.89 bits per heavy atom. The summed E-state index contributed by atoms with van der Waals surface area (Å²) in [5.41, 5.74) is 1.16. The van der Waals surface area contributed by atoms with Gasteiger partial charge < -0.3 is 15.0 Å².